The van der Waals surface area contributed by atoms with Gasteiger partial charge in [-0.25, -0.2) is 4.79 Å². The van der Waals surface area contributed by atoms with Crippen LogP contribution < -0.4 is 11.2 Å². The Labute approximate surface area is 135 Å². The summed E-state index contributed by atoms with van der Waals surface area (Å²) in [7, 11) is 0. The Hall–Kier alpha value is -1.70. The van der Waals surface area contributed by atoms with E-state index in [0.29, 0.717) is 19.8 Å². The molecule has 1 heterocycles. The highest BCUT2D eigenvalue weighted by Gasteiger charge is 2.02. The van der Waals surface area contributed by atoms with Crippen molar-refractivity contribution in [2.45, 2.75) is 20.3 Å². The van der Waals surface area contributed by atoms with Gasteiger partial charge in [-0.3, -0.25) is 14.3 Å². The molecule has 0 spiro atoms. The molecule has 0 saturated heterocycles. The van der Waals surface area contributed by atoms with E-state index in [-0.39, 0.29) is 11.2 Å². The molecule has 0 saturated carbocycles. The van der Waals surface area contributed by atoms with E-state index in [1.807, 2.05) is 31.2 Å². The molecule has 0 fully saturated rings. The van der Waals surface area contributed by atoms with Crippen LogP contribution in [-0.4, -0.2) is 22.8 Å². The Bertz CT molecular complexity index is 739. The number of H-pyrrole nitrogens is 1. The number of aryl methyl sites for hydroxylation is 1. The highest BCUT2D eigenvalue weighted by Crippen LogP contribution is 2.07. The van der Waals surface area contributed by atoms with E-state index in [4.69, 9.17) is 9.47 Å². The largest absolute Gasteiger partial charge is 0.374 e. The Morgan fingerprint density at radius 1 is 1.18 bits per heavy atom. The lowest BCUT2D eigenvalue weighted by Gasteiger charge is -2.09. The van der Waals surface area contributed by atoms with Crippen LogP contribution in [0.1, 0.15) is 11.1 Å². The third-order valence-corrected chi connectivity index (χ3v) is 3.65. The molecule has 0 amide bonds. The lowest BCUT2D eigenvalue weighted by molar-refractivity contribution is 0.0119. The van der Waals surface area contributed by atoms with Crippen molar-refractivity contribution in [1.82, 2.24) is 9.55 Å². The van der Waals surface area contributed by atoms with Gasteiger partial charge in [-0.1, -0.05) is 24.3 Å². The summed E-state index contributed by atoms with van der Waals surface area (Å²) >= 11 is 3.06. The van der Waals surface area contributed by atoms with Crippen molar-refractivity contribution in [1.29, 1.82) is 0 Å². The van der Waals surface area contributed by atoms with Gasteiger partial charge in [0.1, 0.15) is 6.73 Å². The Kier molecular flexibility index (Phi) is 6.11. The van der Waals surface area contributed by atoms with E-state index in [1.165, 1.54) is 16.3 Å². The lowest BCUT2D eigenvalue weighted by atomic mass is 10.1. The summed E-state index contributed by atoms with van der Waals surface area (Å²) in [6.07, 6.45) is 1.40. The fraction of sp³-hybridized carbons (Fsp3) is 0.333. The zero-order valence-corrected chi connectivity index (χ0v) is 13.8. The molecular weight excluding hydrogens is 352 g/mol. The Balaban J connectivity index is 1.72. The summed E-state index contributed by atoms with van der Waals surface area (Å²) in [5, 5.41) is 0. The van der Waals surface area contributed by atoms with E-state index >= 15 is 0 Å². The van der Waals surface area contributed by atoms with E-state index in [0.717, 1.165) is 5.56 Å². The van der Waals surface area contributed by atoms with Crippen molar-refractivity contribution in [2.75, 3.05) is 13.2 Å². The Morgan fingerprint density at radius 2 is 1.91 bits per heavy atom. The van der Waals surface area contributed by atoms with Crippen molar-refractivity contribution >= 4 is 15.9 Å². The zero-order valence-electron chi connectivity index (χ0n) is 12.2. The first kappa shape index (κ1) is 16.7. The topological polar surface area (TPSA) is 73.3 Å². The highest BCUT2D eigenvalue weighted by atomic mass is 79.9. The fourth-order valence-corrected chi connectivity index (χ4v) is 2.16. The SMILES string of the molecule is Cc1ccccc1COCCOCn1cc(Br)c(=O)[nH]c1=O. The van der Waals surface area contributed by atoms with Gasteiger partial charge in [0.25, 0.3) is 5.56 Å². The number of hydrogen-bond donors (Lipinski definition) is 1. The van der Waals surface area contributed by atoms with Gasteiger partial charge >= 0.3 is 5.69 Å². The maximum atomic E-state index is 11.5. The summed E-state index contributed by atoms with van der Waals surface area (Å²) in [6.45, 7) is 3.40. The molecule has 7 heteroatoms. The predicted molar refractivity (Wildman–Crippen MR) is 85.8 cm³/mol. The molecule has 0 aliphatic heterocycles. The minimum Gasteiger partial charge on any atom is -0.374 e. The molecule has 0 atom stereocenters. The lowest BCUT2D eigenvalue weighted by Crippen LogP contribution is -2.30. The van der Waals surface area contributed by atoms with Crippen molar-refractivity contribution in [3.8, 4) is 0 Å². The fourth-order valence-electron chi connectivity index (χ4n) is 1.81. The summed E-state index contributed by atoms with van der Waals surface area (Å²) in [5.41, 5.74) is 1.37. The third-order valence-electron chi connectivity index (χ3n) is 3.09. The van der Waals surface area contributed by atoms with Crippen LogP contribution in [0.2, 0.25) is 0 Å². The van der Waals surface area contributed by atoms with Gasteiger partial charge in [-0.15, -0.1) is 0 Å². The summed E-state index contributed by atoms with van der Waals surface area (Å²) < 4.78 is 12.4. The normalized spacial score (nSPS) is 10.8. The van der Waals surface area contributed by atoms with Gasteiger partial charge in [0, 0.05) is 6.20 Å². The van der Waals surface area contributed by atoms with Crippen LogP contribution in [0, 0.1) is 6.92 Å². The number of hydrogen-bond acceptors (Lipinski definition) is 4. The van der Waals surface area contributed by atoms with Crippen LogP contribution in [0.4, 0.5) is 0 Å². The molecule has 0 bridgehead atoms. The van der Waals surface area contributed by atoms with Gasteiger partial charge in [0.15, 0.2) is 0 Å². The van der Waals surface area contributed by atoms with Crippen LogP contribution >= 0.6 is 15.9 Å². The second-order valence-electron chi connectivity index (χ2n) is 4.72. The van der Waals surface area contributed by atoms with Crippen LogP contribution in [0.3, 0.4) is 0 Å². The van der Waals surface area contributed by atoms with Crippen LogP contribution in [0.15, 0.2) is 44.5 Å². The molecule has 6 nitrogen and oxygen atoms in total. The first-order valence-corrected chi connectivity index (χ1v) is 7.56. The number of ether oxygens (including phenoxy) is 2. The van der Waals surface area contributed by atoms with Crippen molar-refractivity contribution in [2.24, 2.45) is 0 Å². The second kappa shape index (κ2) is 8.07. The van der Waals surface area contributed by atoms with Crippen molar-refractivity contribution in [3.05, 3.63) is 66.9 Å². The van der Waals surface area contributed by atoms with E-state index in [1.54, 1.807) is 0 Å². The summed E-state index contributed by atoms with van der Waals surface area (Å²) in [5.74, 6) is 0. The van der Waals surface area contributed by atoms with Gasteiger partial charge in [-0.05, 0) is 34.0 Å². The average molecular weight is 369 g/mol. The maximum absolute atomic E-state index is 11.5. The molecule has 0 aliphatic carbocycles. The maximum Gasteiger partial charge on any atom is 0.330 e. The van der Waals surface area contributed by atoms with Crippen LogP contribution in [0.25, 0.3) is 0 Å². The molecule has 1 N–H and O–H groups in total. The highest BCUT2D eigenvalue weighted by molar-refractivity contribution is 9.10. The van der Waals surface area contributed by atoms with Crippen molar-refractivity contribution in [3.63, 3.8) is 0 Å². The van der Waals surface area contributed by atoms with E-state index < -0.39 is 11.2 Å². The van der Waals surface area contributed by atoms with E-state index in [2.05, 4.69) is 20.9 Å². The average Bonchev–Trinajstić information content (AvgIpc) is 2.49. The molecular formula is C15H17BrN2O4. The van der Waals surface area contributed by atoms with Crippen LogP contribution in [0.5, 0.6) is 0 Å². The van der Waals surface area contributed by atoms with Gasteiger partial charge in [-0.2, -0.15) is 0 Å². The van der Waals surface area contributed by atoms with Crippen LogP contribution in [-0.2, 0) is 22.8 Å². The Morgan fingerprint density at radius 3 is 2.68 bits per heavy atom. The number of benzene rings is 1. The second-order valence-corrected chi connectivity index (χ2v) is 5.58. The molecule has 118 valence electrons. The minimum atomic E-state index is -0.506. The van der Waals surface area contributed by atoms with Gasteiger partial charge in [0.05, 0.1) is 24.3 Å². The number of rotatable bonds is 7. The summed E-state index contributed by atoms with van der Waals surface area (Å²) in [4.78, 5) is 24.9. The predicted octanol–water partition coefficient (Wildman–Crippen LogP) is 1.80. The number of halogens is 1. The van der Waals surface area contributed by atoms with Crippen molar-refractivity contribution < 1.29 is 9.47 Å². The standard InChI is InChI=1S/C15H17BrN2O4/c1-11-4-2-3-5-12(11)9-21-6-7-22-10-18-8-13(16)14(19)17-15(18)20/h2-5,8H,6-7,9-10H2,1H3,(H,17,19,20). The number of nitrogens with zero attached hydrogens (tertiary/aromatic N) is 1. The molecule has 1 aromatic heterocycles. The smallest absolute Gasteiger partial charge is 0.330 e. The number of nitrogens with one attached hydrogen (secondary N) is 1. The van der Waals surface area contributed by atoms with Gasteiger partial charge in [0.2, 0.25) is 0 Å². The number of aromatic nitrogens is 2. The van der Waals surface area contributed by atoms with E-state index in [9.17, 15) is 9.59 Å². The molecule has 2 rings (SSSR count). The molecule has 1 aromatic carbocycles. The zero-order chi connectivity index (χ0) is 15.9. The number of aromatic amines is 1. The monoisotopic (exact) mass is 368 g/mol. The third kappa shape index (κ3) is 4.66. The molecule has 0 radical (unpaired) electrons. The molecule has 22 heavy (non-hydrogen) atoms. The quantitative estimate of drug-likeness (QED) is 0.756. The molecule has 2 aromatic rings. The molecule has 0 aliphatic rings. The minimum absolute atomic E-state index is 0.0575. The first-order valence-electron chi connectivity index (χ1n) is 6.77. The van der Waals surface area contributed by atoms with Gasteiger partial charge < -0.3 is 9.47 Å². The summed E-state index contributed by atoms with van der Waals surface area (Å²) in [6, 6.07) is 8.02. The first-order chi connectivity index (χ1) is 10.6. The molecule has 0 unspecified atom stereocenters.